The first-order valence-electron chi connectivity index (χ1n) is 10.6. The molecule has 0 saturated heterocycles. The van der Waals surface area contributed by atoms with E-state index in [4.69, 9.17) is 4.74 Å². The Bertz CT molecular complexity index is 773. The van der Waals surface area contributed by atoms with Crippen molar-refractivity contribution in [1.82, 2.24) is 0 Å². The Labute approximate surface area is 166 Å². The average Bonchev–Trinajstić information content (AvgIpc) is 2.88. The number of carbonyl (C=O) groups excluding carboxylic acids is 2. The van der Waals surface area contributed by atoms with E-state index in [1.807, 2.05) is 13.8 Å². The van der Waals surface area contributed by atoms with Gasteiger partial charge in [0.25, 0.3) is 0 Å². The zero-order chi connectivity index (χ0) is 20.5. The average molecular weight is 390 g/mol. The van der Waals surface area contributed by atoms with Crippen molar-refractivity contribution in [2.24, 2.45) is 29.6 Å². The Morgan fingerprint density at radius 2 is 2.04 bits per heavy atom. The number of aliphatic hydroxyl groups is 1. The molecule has 3 saturated carbocycles. The van der Waals surface area contributed by atoms with Crippen LogP contribution in [0.2, 0.25) is 0 Å². The van der Waals surface area contributed by atoms with Gasteiger partial charge in [0.2, 0.25) is 0 Å². The number of ketones is 2. The van der Waals surface area contributed by atoms with Crippen molar-refractivity contribution in [3.05, 3.63) is 23.8 Å². The molecule has 0 amide bonds. The van der Waals surface area contributed by atoms with Crippen molar-refractivity contribution >= 4 is 11.6 Å². The number of halogens is 1. The third-order valence-corrected chi connectivity index (χ3v) is 8.44. The first-order valence-corrected chi connectivity index (χ1v) is 10.6. The van der Waals surface area contributed by atoms with Gasteiger partial charge in [0, 0.05) is 25.4 Å². The number of allylic oxidation sites excluding steroid dienone is 4. The van der Waals surface area contributed by atoms with Gasteiger partial charge in [-0.3, -0.25) is 9.59 Å². The predicted octanol–water partition coefficient (Wildman–Crippen LogP) is 3.58. The van der Waals surface area contributed by atoms with Crippen molar-refractivity contribution in [3.8, 4) is 0 Å². The standard InChI is InChI=1S/C23H31FO4/c1-5-20(26)23(28-4)13(2)10-19-18-8-6-15-11-16(25)7-9-17(15)22(18,24)14(3)12-21(19,23)27/h7,9,11,13-14,17-19,27H,5-6,8,10,12H2,1-4H3/t13-,14+,17?,18+,19+,21-,22+,23+/m1/s1. The fourth-order valence-corrected chi connectivity index (χ4v) is 7.39. The van der Waals surface area contributed by atoms with E-state index < -0.39 is 28.7 Å². The third kappa shape index (κ3) is 2.18. The third-order valence-electron chi connectivity index (χ3n) is 8.44. The molecule has 154 valence electrons. The molecule has 4 nitrogen and oxygen atoms in total. The molecule has 0 spiro atoms. The van der Waals surface area contributed by atoms with Gasteiger partial charge in [0.1, 0.15) is 11.3 Å². The summed E-state index contributed by atoms with van der Waals surface area (Å²) in [5.41, 5.74) is -3.27. The molecule has 0 aromatic carbocycles. The van der Waals surface area contributed by atoms with Gasteiger partial charge in [0.15, 0.2) is 17.2 Å². The molecule has 1 unspecified atom stereocenters. The number of Topliss-reactive ketones (excluding diaryl/α,β-unsaturated/α-hetero) is 1. The van der Waals surface area contributed by atoms with Crippen LogP contribution in [0.3, 0.4) is 0 Å². The van der Waals surface area contributed by atoms with Gasteiger partial charge < -0.3 is 9.84 Å². The number of rotatable bonds is 3. The lowest BCUT2D eigenvalue weighted by Crippen LogP contribution is -2.69. The van der Waals surface area contributed by atoms with Crippen LogP contribution in [0.4, 0.5) is 4.39 Å². The number of ether oxygens (including phenoxy) is 1. The first-order chi connectivity index (χ1) is 13.2. The van der Waals surface area contributed by atoms with Crippen LogP contribution < -0.4 is 0 Å². The largest absolute Gasteiger partial charge is 0.386 e. The van der Waals surface area contributed by atoms with Gasteiger partial charge in [-0.05, 0) is 55.6 Å². The number of hydrogen-bond donors (Lipinski definition) is 1. The van der Waals surface area contributed by atoms with Crippen LogP contribution in [0, 0.1) is 29.6 Å². The van der Waals surface area contributed by atoms with Crippen molar-refractivity contribution in [2.45, 2.75) is 69.7 Å². The van der Waals surface area contributed by atoms with Gasteiger partial charge in [-0.2, -0.15) is 0 Å². The number of fused-ring (bicyclic) bond motifs is 5. The summed E-state index contributed by atoms with van der Waals surface area (Å²) in [5, 5.41) is 12.0. The molecule has 3 fully saturated rings. The molecule has 4 rings (SSSR count). The van der Waals surface area contributed by atoms with Gasteiger partial charge in [-0.1, -0.05) is 32.4 Å². The quantitative estimate of drug-likeness (QED) is 0.800. The molecule has 0 heterocycles. The van der Waals surface area contributed by atoms with E-state index in [-0.39, 0.29) is 42.2 Å². The lowest BCUT2D eigenvalue weighted by Gasteiger charge is -2.59. The first kappa shape index (κ1) is 20.0. The Morgan fingerprint density at radius 1 is 1.32 bits per heavy atom. The van der Waals surface area contributed by atoms with Crippen LogP contribution in [0.5, 0.6) is 0 Å². The van der Waals surface area contributed by atoms with Crippen LogP contribution in [-0.2, 0) is 14.3 Å². The number of methoxy groups -OCH3 is 1. The van der Waals surface area contributed by atoms with Crippen LogP contribution in [0.15, 0.2) is 23.8 Å². The maximum Gasteiger partial charge on any atom is 0.178 e. The summed E-state index contributed by atoms with van der Waals surface area (Å²) in [6, 6.07) is 0. The van der Waals surface area contributed by atoms with E-state index in [1.165, 1.54) is 13.2 Å². The van der Waals surface area contributed by atoms with Crippen molar-refractivity contribution in [2.75, 3.05) is 7.11 Å². The van der Waals surface area contributed by atoms with E-state index in [1.54, 1.807) is 19.1 Å². The molecule has 0 bridgehead atoms. The molecule has 0 aromatic heterocycles. The van der Waals surface area contributed by atoms with Gasteiger partial charge in [-0.15, -0.1) is 0 Å². The van der Waals surface area contributed by atoms with Crippen molar-refractivity contribution in [1.29, 1.82) is 0 Å². The van der Waals surface area contributed by atoms with Crippen LogP contribution in [0.1, 0.15) is 52.9 Å². The van der Waals surface area contributed by atoms with Gasteiger partial charge >= 0.3 is 0 Å². The van der Waals surface area contributed by atoms with Crippen LogP contribution in [-0.4, -0.2) is 40.7 Å². The Balaban J connectivity index is 1.81. The minimum atomic E-state index is -1.52. The second-order valence-electron chi connectivity index (χ2n) is 9.42. The molecular weight excluding hydrogens is 359 g/mol. The highest BCUT2D eigenvalue weighted by atomic mass is 19.1. The lowest BCUT2D eigenvalue weighted by atomic mass is 9.49. The van der Waals surface area contributed by atoms with E-state index in [0.717, 1.165) is 5.57 Å². The number of alkyl halides is 1. The van der Waals surface area contributed by atoms with Gasteiger partial charge in [-0.25, -0.2) is 4.39 Å². The highest BCUT2D eigenvalue weighted by molar-refractivity contribution is 6.01. The van der Waals surface area contributed by atoms with Crippen LogP contribution >= 0.6 is 0 Å². The summed E-state index contributed by atoms with van der Waals surface area (Å²) in [6.07, 6.45) is 7.09. The molecule has 8 atom stereocenters. The molecule has 0 radical (unpaired) electrons. The van der Waals surface area contributed by atoms with E-state index in [9.17, 15) is 14.7 Å². The fraction of sp³-hybridized carbons (Fsp3) is 0.739. The van der Waals surface area contributed by atoms with E-state index in [0.29, 0.717) is 19.3 Å². The smallest absolute Gasteiger partial charge is 0.178 e. The molecule has 28 heavy (non-hydrogen) atoms. The molecule has 4 aliphatic carbocycles. The van der Waals surface area contributed by atoms with Gasteiger partial charge in [0.05, 0.1) is 0 Å². The summed E-state index contributed by atoms with van der Waals surface area (Å²) in [4.78, 5) is 24.8. The minimum absolute atomic E-state index is 0.0744. The zero-order valence-electron chi connectivity index (χ0n) is 17.2. The topological polar surface area (TPSA) is 63.6 Å². The maximum atomic E-state index is 16.8. The Hall–Kier alpha value is -1.33. The highest BCUT2D eigenvalue weighted by Crippen LogP contribution is 2.67. The maximum absolute atomic E-state index is 16.8. The normalized spacial score (nSPS) is 49.9. The van der Waals surface area contributed by atoms with Crippen LogP contribution in [0.25, 0.3) is 0 Å². The summed E-state index contributed by atoms with van der Waals surface area (Å²) >= 11 is 0. The minimum Gasteiger partial charge on any atom is -0.386 e. The zero-order valence-corrected chi connectivity index (χ0v) is 17.2. The summed E-state index contributed by atoms with van der Waals surface area (Å²) < 4.78 is 22.6. The Kier molecular flexibility index (Phi) is 4.51. The van der Waals surface area contributed by atoms with Crippen molar-refractivity contribution < 1.29 is 23.8 Å². The molecule has 5 heteroatoms. The lowest BCUT2D eigenvalue weighted by molar-refractivity contribution is -0.233. The number of carbonyl (C=O) groups is 2. The summed E-state index contributed by atoms with van der Waals surface area (Å²) in [5.74, 6) is -1.89. The predicted molar refractivity (Wildman–Crippen MR) is 103 cm³/mol. The monoisotopic (exact) mass is 390 g/mol. The van der Waals surface area contributed by atoms with E-state index >= 15 is 4.39 Å². The summed E-state index contributed by atoms with van der Waals surface area (Å²) in [7, 11) is 1.50. The molecular formula is C23H31FO4. The summed E-state index contributed by atoms with van der Waals surface area (Å²) in [6.45, 7) is 5.58. The molecule has 0 aromatic rings. The second-order valence-corrected chi connectivity index (χ2v) is 9.42. The molecule has 1 N–H and O–H groups in total. The fourth-order valence-electron chi connectivity index (χ4n) is 7.39. The molecule has 4 aliphatic rings. The Morgan fingerprint density at radius 3 is 2.68 bits per heavy atom. The van der Waals surface area contributed by atoms with E-state index in [2.05, 4.69) is 0 Å². The second kappa shape index (κ2) is 6.33. The molecule has 0 aliphatic heterocycles. The number of hydrogen-bond acceptors (Lipinski definition) is 4. The van der Waals surface area contributed by atoms with Crippen molar-refractivity contribution in [3.63, 3.8) is 0 Å². The highest BCUT2D eigenvalue weighted by Gasteiger charge is 2.74. The SMILES string of the molecule is CCC(=O)[C@@]1(OC)[C@H](C)C[C@H]2[C@@H]3CCC4=CC(=O)C=CC4[C@@]3(F)[C@@H](C)C[C@@]21O.